The normalized spacial score (nSPS) is 26.3. The van der Waals surface area contributed by atoms with E-state index in [0.717, 1.165) is 0 Å². The lowest BCUT2D eigenvalue weighted by molar-refractivity contribution is 0.189. The van der Waals surface area contributed by atoms with Crippen LogP contribution in [0.2, 0.25) is 0 Å². The van der Waals surface area contributed by atoms with Gasteiger partial charge in [-0.05, 0) is 6.42 Å². The Morgan fingerprint density at radius 3 is 2.58 bits per heavy atom. The number of aliphatic hydroxyl groups is 2. The Labute approximate surface area is 71.7 Å². The summed E-state index contributed by atoms with van der Waals surface area (Å²) in [7, 11) is -3.32. The summed E-state index contributed by atoms with van der Waals surface area (Å²) in [5, 5.41) is 17.5. The Kier molecular flexibility index (Phi) is 3.05. The van der Waals surface area contributed by atoms with E-state index in [1.165, 1.54) is 4.31 Å². The molecule has 1 aliphatic heterocycles. The van der Waals surface area contributed by atoms with Crippen LogP contribution >= 0.6 is 0 Å². The second-order valence-corrected chi connectivity index (χ2v) is 4.93. The van der Waals surface area contributed by atoms with Crippen molar-refractivity contribution < 1.29 is 18.6 Å². The van der Waals surface area contributed by atoms with Crippen LogP contribution < -0.4 is 0 Å². The molecule has 1 heterocycles. The fraction of sp³-hybridized carbons (Fsp3) is 1.00. The van der Waals surface area contributed by atoms with Crippen LogP contribution in [-0.4, -0.2) is 54.5 Å². The van der Waals surface area contributed by atoms with Gasteiger partial charge in [0, 0.05) is 13.1 Å². The summed E-state index contributed by atoms with van der Waals surface area (Å²) in [5.41, 5.74) is 0. The summed E-state index contributed by atoms with van der Waals surface area (Å²) in [6.45, 7) is 0.167. The van der Waals surface area contributed by atoms with Crippen LogP contribution in [0.3, 0.4) is 0 Å². The zero-order valence-electron chi connectivity index (χ0n) is 6.68. The van der Waals surface area contributed by atoms with Gasteiger partial charge >= 0.3 is 0 Å². The van der Waals surface area contributed by atoms with Crippen molar-refractivity contribution >= 4 is 10.0 Å². The van der Waals surface area contributed by atoms with Crippen LogP contribution in [0.25, 0.3) is 0 Å². The van der Waals surface area contributed by atoms with E-state index in [0.29, 0.717) is 13.0 Å². The Balaban J connectivity index is 2.58. The second kappa shape index (κ2) is 3.69. The highest BCUT2D eigenvalue weighted by Gasteiger charge is 2.29. The van der Waals surface area contributed by atoms with E-state index >= 15 is 0 Å². The second-order valence-electron chi connectivity index (χ2n) is 2.84. The fourth-order valence-corrected chi connectivity index (χ4v) is 2.48. The molecule has 1 rings (SSSR count). The molecule has 0 spiro atoms. The molecule has 0 aromatic heterocycles. The molecule has 1 saturated heterocycles. The smallest absolute Gasteiger partial charge is 0.216 e. The van der Waals surface area contributed by atoms with Crippen LogP contribution in [0.15, 0.2) is 0 Å². The van der Waals surface area contributed by atoms with Gasteiger partial charge in [-0.3, -0.25) is 0 Å². The van der Waals surface area contributed by atoms with Crippen LogP contribution in [0.5, 0.6) is 0 Å². The SMILES string of the molecule is O=S(=O)(CCO)N1CCC(O)C1. The lowest BCUT2D eigenvalue weighted by Gasteiger charge is -2.14. The first-order chi connectivity index (χ1) is 5.56. The molecule has 6 heteroatoms. The third-order valence-corrected chi connectivity index (χ3v) is 3.69. The topological polar surface area (TPSA) is 77.8 Å². The lowest BCUT2D eigenvalue weighted by Crippen LogP contribution is -2.32. The molecule has 0 amide bonds. The first kappa shape index (κ1) is 9.91. The number of hydrogen-bond acceptors (Lipinski definition) is 4. The quantitative estimate of drug-likeness (QED) is 0.567. The highest BCUT2D eigenvalue weighted by atomic mass is 32.2. The summed E-state index contributed by atoms with van der Waals surface area (Å²) in [6.07, 6.45) is -0.0524. The van der Waals surface area contributed by atoms with Gasteiger partial charge in [0.25, 0.3) is 0 Å². The third-order valence-electron chi connectivity index (χ3n) is 1.87. The largest absolute Gasteiger partial charge is 0.395 e. The van der Waals surface area contributed by atoms with Gasteiger partial charge in [-0.1, -0.05) is 0 Å². The molecular formula is C6H13NO4S. The maximum absolute atomic E-state index is 11.2. The standard InChI is InChI=1S/C6H13NO4S/c8-3-4-12(10,11)7-2-1-6(9)5-7/h6,8-9H,1-5H2. The van der Waals surface area contributed by atoms with Gasteiger partial charge in [-0.15, -0.1) is 0 Å². The van der Waals surface area contributed by atoms with Crippen molar-refractivity contribution in [3.05, 3.63) is 0 Å². The number of rotatable bonds is 3. The highest BCUT2D eigenvalue weighted by Crippen LogP contribution is 2.13. The van der Waals surface area contributed by atoms with E-state index in [9.17, 15) is 8.42 Å². The molecule has 0 radical (unpaired) electrons. The van der Waals surface area contributed by atoms with Gasteiger partial charge in [0.05, 0.1) is 18.5 Å². The molecule has 1 atom stereocenters. The number of hydrogen-bond donors (Lipinski definition) is 2. The predicted octanol–water partition coefficient (Wildman–Crippen LogP) is -1.62. The third kappa shape index (κ3) is 2.16. The highest BCUT2D eigenvalue weighted by molar-refractivity contribution is 7.89. The molecular weight excluding hydrogens is 182 g/mol. The van der Waals surface area contributed by atoms with E-state index in [4.69, 9.17) is 10.2 Å². The lowest BCUT2D eigenvalue weighted by atomic mass is 10.3. The Morgan fingerprint density at radius 2 is 2.17 bits per heavy atom. The number of β-amino-alcohol motifs (C(OH)–C–C–N with tert-alkyl or cyclic N) is 1. The van der Waals surface area contributed by atoms with Crippen molar-refractivity contribution in [3.8, 4) is 0 Å². The van der Waals surface area contributed by atoms with Crippen molar-refractivity contribution in [1.29, 1.82) is 0 Å². The van der Waals surface area contributed by atoms with E-state index in [1.807, 2.05) is 0 Å². The molecule has 2 N–H and O–H groups in total. The van der Waals surface area contributed by atoms with Crippen molar-refractivity contribution in [3.63, 3.8) is 0 Å². The Morgan fingerprint density at radius 1 is 1.50 bits per heavy atom. The van der Waals surface area contributed by atoms with Crippen LogP contribution in [0.1, 0.15) is 6.42 Å². The number of aliphatic hydroxyl groups excluding tert-OH is 2. The maximum Gasteiger partial charge on any atom is 0.216 e. The van der Waals surface area contributed by atoms with Crippen molar-refractivity contribution in [2.24, 2.45) is 0 Å². The van der Waals surface area contributed by atoms with Gasteiger partial charge in [-0.2, -0.15) is 4.31 Å². The zero-order valence-corrected chi connectivity index (χ0v) is 7.50. The molecule has 1 unspecified atom stereocenters. The average molecular weight is 195 g/mol. The Hall–Kier alpha value is -0.170. The summed E-state index contributed by atoms with van der Waals surface area (Å²) >= 11 is 0. The molecule has 0 saturated carbocycles. The van der Waals surface area contributed by atoms with Gasteiger partial charge in [-0.25, -0.2) is 8.42 Å². The van der Waals surface area contributed by atoms with Gasteiger partial charge in [0.2, 0.25) is 10.0 Å². The molecule has 0 aromatic carbocycles. The van der Waals surface area contributed by atoms with Crippen LogP contribution in [0.4, 0.5) is 0 Å². The summed E-state index contributed by atoms with van der Waals surface area (Å²) in [5.74, 6) is -0.250. The minimum atomic E-state index is -3.32. The van der Waals surface area contributed by atoms with Gasteiger partial charge in [0.15, 0.2) is 0 Å². The minimum absolute atomic E-state index is 0.169. The molecule has 0 aromatic rings. The van der Waals surface area contributed by atoms with Crippen LogP contribution in [0, 0.1) is 0 Å². The van der Waals surface area contributed by atoms with E-state index in [2.05, 4.69) is 0 Å². The molecule has 1 aliphatic rings. The first-order valence-electron chi connectivity index (χ1n) is 3.83. The fourth-order valence-electron chi connectivity index (χ4n) is 1.21. The summed E-state index contributed by atoms with van der Waals surface area (Å²) in [6, 6.07) is 0. The van der Waals surface area contributed by atoms with Crippen molar-refractivity contribution in [2.45, 2.75) is 12.5 Å². The van der Waals surface area contributed by atoms with Gasteiger partial charge < -0.3 is 10.2 Å². The predicted molar refractivity (Wildman–Crippen MR) is 43.1 cm³/mol. The average Bonchev–Trinajstić information content (AvgIpc) is 2.36. The van der Waals surface area contributed by atoms with E-state index in [1.54, 1.807) is 0 Å². The van der Waals surface area contributed by atoms with E-state index in [-0.39, 0.29) is 18.9 Å². The van der Waals surface area contributed by atoms with Crippen LogP contribution in [-0.2, 0) is 10.0 Å². The molecule has 0 aliphatic carbocycles. The van der Waals surface area contributed by atoms with Gasteiger partial charge in [0.1, 0.15) is 0 Å². The summed E-state index contributed by atoms with van der Waals surface area (Å²) in [4.78, 5) is 0. The molecule has 72 valence electrons. The zero-order chi connectivity index (χ0) is 9.19. The Bertz CT molecular complexity index is 238. The minimum Gasteiger partial charge on any atom is -0.395 e. The molecule has 5 nitrogen and oxygen atoms in total. The summed E-state index contributed by atoms with van der Waals surface area (Å²) < 4.78 is 23.7. The molecule has 12 heavy (non-hydrogen) atoms. The first-order valence-corrected chi connectivity index (χ1v) is 5.44. The van der Waals surface area contributed by atoms with E-state index < -0.39 is 16.1 Å². The van der Waals surface area contributed by atoms with Crippen molar-refractivity contribution in [1.82, 2.24) is 4.31 Å². The van der Waals surface area contributed by atoms with Crippen molar-refractivity contribution in [2.75, 3.05) is 25.4 Å². The molecule has 1 fully saturated rings. The number of nitrogens with zero attached hydrogens (tertiary/aromatic N) is 1. The molecule has 0 bridgehead atoms. The number of sulfonamides is 1. The monoisotopic (exact) mass is 195 g/mol. The maximum atomic E-state index is 11.2.